The zero-order chi connectivity index (χ0) is 27.6. The van der Waals surface area contributed by atoms with E-state index in [0.29, 0.717) is 67.8 Å². The molecule has 1 fully saturated rings. The lowest BCUT2D eigenvalue weighted by Crippen LogP contribution is -2.38. The topological polar surface area (TPSA) is 91.4 Å². The van der Waals surface area contributed by atoms with E-state index in [1.807, 2.05) is 6.92 Å². The van der Waals surface area contributed by atoms with Gasteiger partial charge in [0, 0.05) is 49.5 Å². The van der Waals surface area contributed by atoms with Gasteiger partial charge in [0.25, 0.3) is 0 Å². The normalized spacial score (nSPS) is 16.5. The van der Waals surface area contributed by atoms with Crippen LogP contribution in [0.4, 0.5) is 0 Å². The lowest BCUT2D eigenvalue weighted by molar-refractivity contribution is -0.123. The highest BCUT2D eigenvalue weighted by Crippen LogP contribution is 2.33. The minimum Gasteiger partial charge on any atom is -0.491 e. The van der Waals surface area contributed by atoms with Crippen LogP contribution in [0.3, 0.4) is 0 Å². The molecule has 0 saturated carbocycles. The van der Waals surface area contributed by atoms with E-state index in [2.05, 4.69) is 4.90 Å². The summed E-state index contributed by atoms with van der Waals surface area (Å²) in [5.74, 6) is 0.919. The van der Waals surface area contributed by atoms with Crippen molar-refractivity contribution in [1.82, 2.24) is 4.90 Å². The molecular weight excluding hydrogens is 498 g/mol. The number of nitrogens with zero attached hydrogens (tertiary/aromatic N) is 1. The Bertz CT molecular complexity index is 1120. The molecule has 2 heterocycles. The highest BCUT2D eigenvalue weighted by molar-refractivity contribution is 6.01. The predicted molar refractivity (Wildman–Crippen MR) is 147 cm³/mol. The maximum atomic E-state index is 13.7. The number of rotatable bonds is 15. The number of ketones is 3. The van der Waals surface area contributed by atoms with Gasteiger partial charge in [0.2, 0.25) is 0 Å². The van der Waals surface area contributed by atoms with Crippen LogP contribution < -0.4 is 14.2 Å². The summed E-state index contributed by atoms with van der Waals surface area (Å²) in [5.41, 5.74) is 1.13. The first-order valence-corrected chi connectivity index (χ1v) is 13.9. The Morgan fingerprint density at radius 2 is 1.59 bits per heavy atom. The molecule has 0 spiro atoms. The Hall–Kier alpha value is -3.23. The highest BCUT2D eigenvalue weighted by atomic mass is 16.6. The fraction of sp³-hybridized carbons (Fsp3) is 0.516. The van der Waals surface area contributed by atoms with Crippen molar-refractivity contribution >= 4 is 17.3 Å². The molecule has 0 radical (unpaired) electrons. The summed E-state index contributed by atoms with van der Waals surface area (Å²) in [6.45, 7) is 6.16. The van der Waals surface area contributed by atoms with E-state index >= 15 is 0 Å². The van der Waals surface area contributed by atoms with Crippen molar-refractivity contribution in [1.29, 1.82) is 0 Å². The molecule has 0 bridgehead atoms. The second-order valence-electron chi connectivity index (χ2n) is 10.2. The maximum Gasteiger partial charge on any atom is 0.168 e. The van der Waals surface area contributed by atoms with E-state index in [-0.39, 0.29) is 30.2 Å². The van der Waals surface area contributed by atoms with Gasteiger partial charge in [-0.25, -0.2) is 0 Å². The van der Waals surface area contributed by atoms with Crippen molar-refractivity contribution in [3.8, 4) is 17.2 Å². The third kappa shape index (κ3) is 7.90. The maximum absolute atomic E-state index is 13.7. The van der Waals surface area contributed by atoms with Gasteiger partial charge in [-0.15, -0.1) is 0 Å². The van der Waals surface area contributed by atoms with Gasteiger partial charge in [0.1, 0.15) is 31.4 Å². The largest absolute Gasteiger partial charge is 0.491 e. The summed E-state index contributed by atoms with van der Waals surface area (Å²) in [5, 5.41) is 0. The Morgan fingerprint density at radius 1 is 0.897 bits per heavy atom. The summed E-state index contributed by atoms with van der Waals surface area (Å²) < 4.78 is 21.8. The van der Waals surface area contributed by atoms with Crippen LogP contribution in [0.1, 0.15) is 59.7 Å². The number of methoxy groups -OCH3 is 1. The van der Waals surface area contributed by atoms with Gasteiger partial charge < -0.3 is 23.8 Å². The summed E-state index contributed by atoms with van der Waals surface area (Å²) in [4.78, 5) is 41.9. The molecule has 2 aromatic rings. The van der Waals surface area contributed by atoms with Gasteiger partial charge in [-0.05, 0) is 74.8 Å². The Morgan fingerprint density at radius 3 is 2.31 bits per heavy atom. The van der Waals surface area contributed by atoms with Gasteiger partial charge in [-0.1, -0.05) is 6.92 Å². The van der Waals surface area contributed by atoms with Crippen LogP contribution in [0.2, 0.25) is 0 Å². The number of carbonyl (C=O) groups is 3. The van der Waals surface area contributed by atoms with E-state index in [1.54, 1.807) is 49.6 Å². The minimum absolute atomic E-state index is 0.0137. The molecule has 210 valence electrons. The molecule has 0 amide bonds. The first kappa shape index (κ1) is 28.8. The van der Waals surface area contributed by atoms with Gasteiger partial charge in [-0.2, -0.15) is 0 Å². The lowest BCUT2D eigenvalue weighted by atomic mass is 9.82. The molecule has 0 N–H and O–H groups in total. The molecule has 2 unspecified atom stereocenters. The third-order valence-electron chi connectivity index (χ3n) is 7.49. The predicted octanol–water partition coefficient (Wildman–Crippen LogP) is 4.64. The fourth-order valence-electron chi connectivity index (χ4n) is 5.12. The molecule has 2 aliphatic rings. The van der Waals surface area contributed by atoms with E-state index in [0.717, 1.165) is 25.9 Å². The van der Waals surface area contributed by atoms with Gasteiger partial charge in [0.15, 0.2) is 23.1 Å². The smallest absolute Gasteiger partial charge is 0.168 e. The highest BCUT2D eigenvalue weighted by Gasteiger charge is 2.33. The summed E-state index contributed by atoms with van der Waals surface area (Å²) in [6.07, 6.45) is 3.19. The number of benzene rings is 2. The molecule has 0 aromatic heterocycles. The van der Waals surface area contributed by atoms with Crippen molar-refractivity contribution in [3.05, 3.63) is 53.6 Å². The zero-order valence-electron chi connectivity index (χ0n) is 23.0. The van der Waals surface area contributed by atoms with Crippen LogP contribution in [-0.4, -0.2) is 75.4 Å². The Balaban J connectivity index is 1.34. The summed E-state index contributed by atoms with van der Waals surface area (Å²) in [7, 11) is 1.61. The van der Waals surface area contributed by atoms with E-state index < -0.39 is 11.8 Å². The quantitative estimate of drug-likeness (QED) is 0.240. The van der Waals surface area contributed by atoms with E-state index in [1.165, 1.54) is 0 Å². The number of hydrogen-bond donors (Lipinski definition) is 0. The Kier molecular flexibility index (Phi) is 10.5. The molecule has 4 rings (SSSR count). The van der Waals surface area contributed by atoms with Crippen LogP contribution in [-0.2, 0) is 9.53 Å². The molecule has 39 heavy (non-hydrogen) atoms. The van der Waals surface area contributed by atoms with E-state index in [9.17, 15) is 14.4 Å². The van der Waals surface area contributed by atoms with E-state index in [4.69, 9.17) is 18.9 Å². The molecule has 1 saturated heterocycles. The molecule has 2 aliphatic heterocycles. The molecule has 2 atom stereocenters. The van der Waals surface area contributed by atoms with Gasteiger partial charge >= 0.3 is 0 Å². The average molecular weight is 538 g/mol. The van der Waals surface area contributed by atoms with Crippen molar-refractivity contribution in [2.75, 3.05) is 53.2 Å². The van der Waals surface area contributed by atoms with Crippen LogP contribution in [0, 0.1) is 11.8 Å². The summed E-state index contributed by atoms with van der Waals surface area (Å²) in [6, 6.07) is 12.3. The first-order valence-electron chi connectivity index (χ1n) is 13.9. The standard InChI is InChI=1S/C31H39NO7/c1-22(27(33)6-5-7-28(34)23-8-11-25(12-9-23)37-17-16-36-2)26(21-32-14-3-4-15-32)31(35)24-10-13-29-30(20-24)39-19-18-38-29/h8-13,20,22,26H,3-7,14-19,21H2,1-2H3. The number of fused-ring (bicyclic) bond motifs is 1. The number of Topliss-reactive ketones (excluding diaryl/α,β-unsaturated/α-hetero) is 3. The van der Waals surface area contributed by atoms with Crippen molar-refractivity contribution in [2.24, 2.45) is 11.8 Å². The molecule has 0 aliphatic carbocycles. The second-order valence-corrected chi connectivity index (χ2v) is 10.2. The summed E-state index contributed by atoms with van der Waals surface area (Å²) >= 11 is 0. The fourth-order valence-corrected chi connectivity index (χ4v) is 5.12. The average Bonchev–Trinajstić information content (AvgIpc) is 3.48. The monoisotopic (exact) mass is 537 g/mol. The van der Waals surface area contributed by atoms with Crippen LogP contribution in [0.5, 0.6) is 17.2 Å². The van der Waals surface area contributed by atoms with Crippen LogP contribution in [0.25, 0.3) is 0 Å². The second kappa shape index (κ2) is 14.2. The minimum atomic E-state index is -0.459. The van der Waals surface area contributed by atoms with Crippen LogP contribution >= 0.6 is 0 Å². The van der Waals surface area contributed by atoms with Crippen molar-refractivity contribution in [3.63, 3.8) is 0 Å². The van der Waals surface area contributed by atoms with Gasteiger partial charge in [-0.3, -0.25) is 14.4 Å². The van der Waals surface area contributed by atoms with Crippen molar-refractivity contribution in [2.45, 2.75) is 39.0 Å². The number of likely N-dealkylation sites (tertiary alicyclic amines) is 1. The first-order chi connectivity index (χ1) is 19.0. The molecule has 2 aromatic carbocycles. The van der Waals surface area contributed by atoms with Crippen LogP contribution in [0.15, 0.2) is 42.5 Å². The SMILES string of the molecule is COCCOc1ccc(C(=O)CCCC(=O)C(C)C(CN2CCCC2)C(=O)c2ccc3c(c2)OCCO3)cc1. The molecule has 8 nitrogen and oxygen atoms in total. The zero-order valence-corrected chi connectivity index (χ0v) is 23.0. The molecular formula is C31H39NO7. The number of hydrogen-bond acceptors (Lipinski definition) is 8. The van der Waals surface area contributed by atoms with Gasteiger partial charge in [0.05, 0.1) is 6.61 Å². The number of carbonyl (C=O) groups excluding carboxylic acids is 3. The van der Waals surface area contributed by atoms with Crippen molar-refractivity contribution < 1.29 is 33.3 Å². The third-order valence-corrected chi connectivity index (χ3v) is 7.49. The lowest BCUT2D eigenvalue weighted by Gasteiger charge is -2.27. The Labute approximate surface area is 230 Å². The number of ether oxygens (including phenoxy) is 4. The molecule has 8 heteroatoms.